The van der Waals surface area contributed by atoms with Crippen molar-refractivity contribution in [3.05, 3.63) is 39.4 Å². The maximum Gasteiger partial charge on any atom is 0.267 e. The normalized spacial score (nSPS) is 20.0. The molecule has 2 N–H and O–H groups in total. The third-order valence-electron chi connectivity index (χ3n) is 5.60. The Balaban J connectivity index is 1.24. The van der Waals surface area contributed by atoms with Gasteiger partial charge in [-0.2, -0.15) is 0 Å². The third-order valence-corrected chi connectivity index (χ3v) is 7.12. The second kappa shape index (κ2) is 8.70. The van der Waals surface area contributed by atoms with E-state index in [9.17, 15) is 14.0 Å². The van der Waals surface area contributed by atoms with Crippen LogP contribution in [0.4, 0.5) is 4.39 Å². The molecule has 2 aliphatic heterocycles. The van der Waals surface area contributed by atoms with E-state index in [0.717, 1.165) is 14.7 Å². The number of hydrogen-bond acceptors (Lipinski definition) is 6. The van der Waals surface area contributed by atoms with Crippen LogP contribution in [0.1, 0.15) is 22.5 Å². The number of rotatable bonds is 5. The molecule has 8 nitrogen and oxygen atoms in total. The number of nitrogens with zero attached hydrogens (tertiary/aromatic N) is 2. The minimum atomic E-state index is -1.12. The van der Waals surface area contributed by atoms with E-state index in [-0.39, 0.29) is 37.7 Å². The smallest absolute Gasteiger partial charge is 0.267 e. The Hall–Kier alpha value is -2.66. The molecule has 2 aromatic heterocycles. The molecule has 32 heavy (non-hydrogen) atoms. The molecule has 0 bridgehead atoms. The van der Waals surface area contributed by atoms with Crippen molar-refractivity contribution in [2.45, 2.75) is 25.1 Å². The van der Waals surface area contributed by atoms with Gasteiger partial charge in [-0.25, -0.2) is 9.37 Å². The summed E-state index contributed by atoms with van der Waals surface area (Å²) in [6.45, 7) is 1.12. The van der Waals surface area contributed by atoms with Gasteiger partial charge in [-0.15, -0.1) is 11.3 Å². The lowest BCUT2D eigenvalue weighted by atomic mass is 10.1. The molecule has 2 atom stereocenters. The molecular weight excluding hydrogens is 503 g/mol. The Kier molecular flexibility index (Phi) is 5.76. The SMILES string of the molecule is O=C(NC[C@@H]1C[C@H](F)CN1C(=O)Cc1cc2c(cc1Br)OCCO2)c1cc2scnc2[nH]1. The second-order valence-electron chi connectivity index (χ2n) is 7.76. The topological polar surface area (TPSA) is 96.6 Å². The third kappa shape index (κ3) is 4.18. The van der Waals surface area contributed by atoms with E-state index in [4.69, 9.17) is 9.47 Å². The Labute approximate surface area is 195 Å². The van der Waals surface area contributed by atoms with Gasteiger partial charge in [-0.3, -0.25) is 9.59 Å². The van der Waals surface area contributed by atoms with E-state index >= 15 is 0 Å². The fraction of sp³-hybridized carbons (Fsp3) is 0.381. The standard InChI is InChI=1S/C21H20BrFN4O4S/c22-14-6-17-16(30-1-2-31-17)3-11(14)4-19(28)27-9-12(23)5-13(27)8-24-21(29)15-7-18-20(26-15)25-10-32-18/h3,6-7,10,12-13,26H,1-2,4-5,8-9H2,(H,24,29)/t12-,13-/m0/s1. The van der Waals surface area contributed by atoms with Gasteiger partial charge >= 0.3 is 0 Å². The molecular formula is C21H20BrFN4O4S. The predicted octanol–water partition coefficient (Wildman–Crippen LogP) is 3.07. The number of H-pyrrole nitrogens is 1. The first-order chi connectivity index (χ1) is 15.5. The van der Waals surface area contributed by atoms with Crippen LogP contribution in [-0.4, -0.2) is 65.2 Å². The summed E-state index contributed by atoms with van der Waals surface area (Å²) in [5, 5.41) is 2.81. The maximum absolute atomic E-state index is 14.2. The van der Waals surface area contributed by atoms with Gasteiger partial charge in [0.05, 0.1) is 29.2 Å². The molecule has 11 heteroatoms. The van der Waals surface area contributed by atoms with Gasteiger partial charge in [0.25, 0.3) is 5.91 Å². The molecule has 168 valence electrons. The molecule has 1 aromatic carbocycles. The quantitative estimate of drug-likeness (QED) is 0.536. The Bertz CT molecular complexity index is 1150. The molecule has 0 aliphatic carbocycles. The fourth-order valence-corrected chi connectivity index (χ4v) is 5.17. The van der Waals surface area contributed by atoms with E-state index < -0.39 is 12.2 Å². The number of hydrogen-bond donors (Lipinski definition) is 2. The minimum Gasteiger partial charge on any atom is -0.486 e. The molecule has 5 rings (SSSR count). The molecule has 2 amide bonds. The average Bonchev–Trinajstić information content (AvgIpc) is 3.47. The number of carbonyl (C=O) groups excluding carboxylic acids is 2. The van der Waals surface area contributed by atoms with Crippen molar-refractivity contribution in [1.82, 2.24) is 20.2 Å². The van der Waals surface area contributed by atoms with E-state index in [1.807, 2.05) is 0 Å². The number of fused-ring (bicyclic) bond motifs is 2. The maximum atomic E-state index is 14.2. The van der Waals surface area contributed by atoms with Crippen molar-refractivity contribution in [2.75, 3.05) is 26.3 Å². The molecule has 1 fully saturated rings. The minimum absolute atomic E-state index is 0.0176. The molecule has 0 saturated carbocycles. The number of likely N-dealkylation sites (tertiary alicyclic amines) is 1. The van der Waals surface area contributed by atoms with Crippen molar-refractivity contribution in [3.8, 4) is 11.5 Å². The molecule has 0 radical (unpaired) electrons. The highest BCUT2D eigenvalue weighted by Crippen LogP contribution is 2.36. The predicted molar refractivity (Wildman–Crippen MR) is 120 cm³/mol. The summed E-state index contributed by atoms with van der Waals surface area (Å²) in [4.78, 5) is 34.2. The molecule has 2 aliphatic rings. The van der Waals surface area contributed by atoms with E-state index in [2.05, 4.69) is 31.2 Å². The molecule has 4 heterocycles. The van der Waals surface area contributed by atoms with Crippen molar-refractivity contribution < 1.29 is 23.5 Å². The summed E-state index contributed by atoms with van der Waals surface area (Å²) < 4.78 is 27.0. The molecule has 0 spiro atoms. The van der Waals surface area contributed by atoms with Crippen LogP contribution in [0.25, 0.3) is 10.3 Å². The van der Waals surface area contributed by atoms with E-state index in [1.165, 1.54) is 16.2 Å². The highest BCUT2D eigenvalue weighted by Gasteiger charge is 2.35. The zero-order chi connectivity index (χ0) is 22.2. The van der Waals surface area contributed by atoms with Gasteiger partial charge in [-0.1, -0.05) is 15.9 Å². The van der Waals surface area contributed by atoms with Crippen molar-refractivity contribution in [2.24, 2.45) is 0 Å². The zero-order valence-corrected chi connectivity index (χ0v) is 19.3. The highest BCUT2D eigenvalue weighted by atomic mass is 79.9. The average molecular weight is 523 g/mol. The van der Waals surface area contributed by atoms with Gasteiger partial charge in [0.15, 0.2) is 11.5 Å². The van der Waals surface area contributed by atoms with Crippen LogP contribution in [0.5, 0.6) is 11.5 Å². The summed E-state index contributed by atoms with van der Waals surface area (Å²) in [5.41, 5.74) is 3.49. The lowest BCUT2D eigenvalue weighted by molar-refractivity contribution is -0.131. The lowest BCUT2D eigenvalue weighted by Gasteiger charge is -2.25. The number of aromatic nitrogens is 2. The lowest BCUT2D eigenvalue weighted by Crippen LogP contribution is -2.43. The Morgan fingerprint density at radius 2 is 2.06 bits per heavy atom. The summed E-state index contributed by atoms with van der Waals surface area (Å²) >= 11 is 4.92. The molecule has 0 unspecified atom stereocenters. The van der Waals surface area contributed by atoms with Crippen LogP contribution in [0.15, 0.2) is 28.2 Å². The summed E-state index contributed by atoms with van der Waals surface area (Å²) in [5.74, 6) is 0.714. The van der Waals surface area contributed by atoms with Crippen molar-refractivity contribution >= 4 is 49.4 Å². The highest BCUT2D eigenvalue weighted by molar-refractivity contribution is 9.10. The first-order valence-corrected chi connectivity index (χ1v) is 11.9. The number of halogens is 2. The summed E-state index contributed by atoms with van der Waals surface area (Å²) in [6.07, 6.45) is -0.840. The number of nitrogens with one attached hydrogen (secondary N) is 2. The van der Waals surface area contributed by atoms with E-state index in [1.54, 1.807) is 23.7 Å². The van der Waals surface area contributed by atoms with Gasteiger partial charge < -0.3 is 24.7 Å². The van der Waals surface area contributed by atoms with Crippen molar-refractivity contribution in [1.29, 1.82) is 0 Å². The zero-order valence-electron chi connectivity index (χ0n) is 16.9. The van der Waals surface area contributed by atoms with Crippen LogP contribution in [-0.2, 0) is 11.2 Å². The van der Waals surface area contributed by atoms with Gasteiger partial charge in [0.2, 0.25) is 5.91 Å². The van der Waals surface area contributed by atoms with Crippen LogP contribution in [0, 0.1) is 0 Å². The monoisotopic (exact) mass is 522 g/mol. The number of carbonyl (C=O) groups is 2. The van der Waals surface area contributed by atoms with Crippen LogP contribution in [0.3, 0.4) is 0 Å². The number of ether oxygens (including phenoxy) is 2. The van der Waals surface area contributed by atoms with Crippen molar-refractivity contribution in [3.63, 3.8) is 0 Å². The van der Waals surface area contributed by atoms with Crippen LogP contribution < -0.4 is 14.8 Å². The number of alkyl halides is 1. The van der Waals surface area contributed by atoms with Crippen LogP contribution in [0.2, 0.25) is 0 Å². The first-order valence-electron chi connectivity index (χ1n) is 10.2. The number of benzene rings is 1. The Morgan fingerprint density at radius 1 is 1.28 bits per heavy atom. The molecule has 1 saturated heterocycles. The number of thiazole rings is 1. The largest absolute Gasteiger partial charge is 0.486 e. The van der Waals surface area contributed by atoms with E-state index in [0.29, 0.717) is 36.1 Å². The first kappa shape index (κ1) is 21.2. The number of amides is 2. The van der Waals surface area contributed by atoms with Crippen LogP contribution >= 0.6 is 27.3 Å². The summed E-state index contributed by atoms with van der Waals surface area (Å²) in [7, 11) is 0. The van der Waals surface area contributed by atoms with Gasteiger partial charge in [0.1, 0.15) is 30.7 Å². The Morgan fingerprint density at radius 3 is 2.84 bits per heavy atom. The number of aromatic amines is 1. The summed E-state index contributed by atoms with van der Waals surface area (Å²) in [6, 6.07) is 4.89. The van der Waals surface area contributed by atoms with Gasteiger partial charge in [-0.05, 0) is 23.8 Å². The molecule has 3 aromatic rings. The van der Waals surface area contributed by atoms with Gasteiger partial charge in [0, 0.05) is 17.4 Å². The second-order valence-corrected chi connectivity index (χ2v) is 9.50. The fourth-order valence-electron chi connectivity index (χ4n) is 4.04.